The molecule has 0 saturated heterocycles. The van der Waals surface area contributed by atoms with Crippen LogP contribution >= 0.6 is 0 Å². The largest absolute Gasteiger partial charge is 0.481 e. The van der Waals surface area contributed by atoms with Crippen LogP contribution in [0.5, 0.6) is 0 Å². The molecular formula is C14H14O4. The molecule has 0 aliphatic heterocycles. The van der Waals surface area contributed by atoms with Crippen molar-refractivity contribution in [3.63, 3.8) is 0 Å². The van der Waals surface area contributed by atoms with Crippen molar-refractivity contribution >= 4 is 16.9 Å². The fourth-order valence-electron chi connectivity index (χ4n) is 1.81. The normalized spacial score (nSPS) is 12.6. The van der Waals surface area contributed by atoms with Gasteiger partial charge in [0.1, 0.15) is 11.3 Å². The predicted molar refractivity (Wildman–Crippen MR) is 67.9 cm³/mol. The van der Waals surface area contributed by atoms with Gasteiger partial charge in [-0.05, 0) is 24.6 Å². The van der Waals surface area contributed by atoms with Crippen molar-refractivity contribution in [1.82, 2.24) is 0 Å². The van der Waals surface area contributed by atoms with Crippen LogP contribution < -0.4 is 5.43 Å². The summed E-state index contributed by atoms with van der Waals surface area (Å²) in [7, 11) is 0. The topological polar surface area (TPSA) is 67.5 Å². The summed E-state index contributed by atoms with van der Waals surface area (Å²) in [6.45, 7) is 3.50. The molecule has 0 spiro atoms. The van der Waals surface area contributed by atoms with Gasteiger partial charge in [-0.15, -0.1) is 0 Å². The third kappa shape index (κ3) is 2.14. The summed E-state index contributed by atoms with van der Waals surface area (Å²) in [5, 5.41) is 9.39. The Bertz CT molecular complexity index is 654. The van der Waals surface area contributed by atoms with Crippen LogP contribution in [0.1, 0.15) is 31.1 Å². The third-order valence-corrected chi connectivity index (χ3v) is 3.02. The molecule has 0 saturated carbocycles. The molecule has 0 fully saturated rings. The molecule has 1 unspecified atom stereocenters. The Balaban J connectivity index is 2.62. The van der Waals surface area contributed by atoms with E-state index in [9.17, 15) is 9.59 Å². The summed E-state index contributed by atoms with van der Waals surface area (Å²) in [5.41, 5.74) is 0.972. The number of aryl methyl sites for hydroxylation is 1. The summed E-state index contributed by atoms with van der Waals surface area (Å²) in [6.07, 6.45) is 0.651. The molecule has 1 heterocycles. The molecule has 1 aromatic carbocycles. The molecule has 0 radical (unpaired) electrons. The lowest BCUT2D eigenvalue weighted by molar-refractivity contribution is -0.138. The number of hydrogen-bond donors (Lipinski definition) is 1. The standard InChI is InChI=1S/C14H14O4/c1-3-10-7-12(15)11-6-9(8(2)14(16)17)4-5-13(11)18-10/h4-8H,3H2,1-2H3,(H,16,17). The van der Waals surface area contributed by atoms with Crippen molar-refractivity contribution in [2.45, 2.75) is 26.2 Å². The van der Waals surface area contributed by atoms with E-state index in [1.807, 2.05) is 6.92 Å². The predicted octanol–water partition coefficient (Wildman–Crippen LogP) is 2.54. The lowest BCUT2D eigenvalue weighted by Crippen LogP contribution is -2.09. The molecule has 94 valence electrons. The molecule has 0 amide bonds. The Labute approximate surface area is 104 Å². The van der Waals surface area contributed by atoms with Crippen molar-refractivity contribution in [2.75, 3.05) is 0 Å². The van der Waals surface area contributed by atoms with Crippen LogP contribution in [0.15, 0.2) is 33.5 Å². The minimum Gasteiger partial charge on any atom is -0.481 e. The summed E-state index contributed by atoms with van der Waals surface area (Å²) < 4.78 is 5.54. The summed E-state index contributed by atoms with van der Waals surface area (Å²) >= 11 is 0. The van der Waals surface area contributed by atoms with Crippen molar-refractivity contribution < 1.29 is 14.3 Å². The lowest BCUT2D eigenvalue weighted by Gasteiger charge is -2.07. The van der Waals surface area contributed by atoms with Crippen molar-refractivity contribution in [1.29, 1.82) is 0 Å². The molecule has 2 aromatic rings. The highest BCUT2D eigenvalue weighted by Crippen LogP contribution is 2.20. The zero-order valence-electron chi connectivity index (χ0n) is 10.3. The van der Waals surface area contributed by atoms with Crippen LogP contribution in [0.3, 0.4) is 0 Å². The average Bonchev–Trinajstić information content (AvgIpc) is 2.37. The van der Waals surface area contributed by atoms with Gasteiger partial charge in [0.05, 0.1) is 11.3 Å². The van der Waals surface area contributed by atoms with Crippen molar-refractivity contribution in [2.24, 2.45) is 0 Å². The van der Waals surface area contributed by atoms with Crippen LogP contribution in [0.4, 0.5) is 0 Å². The molecule has 1 atom stereocenters. The number of carboxylic acid groups (broad SMARTS) is 1. The molecule has 2 rings (SSSR count). The monoisotopic (exact) mass is 246 g/mol. The second kappa shape index (κ2) is 4.64. The van der Waals surface area contributed by atoms with E-state index in [4.69, 9.17) is 9.52 Å². The van der Waals surface area contributed by atoms with Gasteiger partial charge >= 0.3 is 5.97 Å². The zero-order chi connectivity index (χ0) is 13.3. The van der Waals surface area contributed by atoms with Crippen molar-refractivity contribution in [3.8, 4) is 0 Å². The van der Waals surface area contributed by atoms with E-state index < -0.39 is 11.9 Å². The Morgan fingerprint density at radius 3 is 2.72 bits per heavy atom. The van der Waals surface area contributed by atoms with Crippen LogP contribution in [0.25, 0.3) is 11.0 Å². The van der Waals surface area contributed by atoms with Gasteiger partial charge in [-0.25, -0.2) is 0 Å². The van der Waals surface area contributed by atoms with Crippen LogP contribution in [0, 0.1) is 0 Å². The maximum Gasteiger partial charge on any atom is 0.310 e. The Morgan fingerprint density at radius 1 is 1.39 bits per heavy atom. The zero-order valence-corrected chi connectivity index (χ0v) is 10.3. The summed E-state index contributed by atoms with van der Waals surface area (Å²) in [6, 6.07) is 6.39. The highest BCUT2D eigenvalue weighted by molar-refractivity contribution is 5.81. The van der Waals surface area contributed by atoms with E-state index in [2.05, 4.69) is 0 Å². The van der Waals surface area contributed by atoms with Crippen LogP contribution in [0.2, 0.25) is 0 Å². The summed E-state index contributed by atoms with van der Waals surface area (Å²) in [5.74, 6) is -0.921. The number of aliphatic carboxylic acids is 1. The van der Waals surface area contributed by atoms with E-state index in [0.717, 1.165) is 0 Å². The van der Waals surface area contributed by atoms with Gasteiger partial charge in [0.15, 0.2) is 5.43 Å². The number of carbonyl (C=O) groups is 1. The Kier molecular flexibility index (Phi) is 3.19. The SMILES string of the molecule is CCc1cc(=O)c2cc(C(C)C(=O)O)ccc2o1. The highest BCUT2D eigenvalue weighted by atomic mass is 16.4. The van der Waals surface area contributed by atoms with Crippen LogP contribution in [-0.2, 0) is 11.2 Å². The Hall–Kier alpha value is -2.10. The highest BCUT2D eigenvalue weighted by Gasteiger charge is 2.15. The number of hydrogen-bond acceptors (Lipinski definition) is 3. The second-order valence-electron chi connectivity index (χ2n) is 4.25. The molecule has 18 heavy (non-hydrogen) atoms. The number of carboxylic acids is 1. The van der Waals surface area contributed by atoms with Gasteiger partial charge in [-0.3, -0.25) is 9.59 Å². The van der Waals surface area contributed by atoms with Gasteiger partial charge in [-0.1, -0.05) is 13.0 Å². The van der Waals surface area contributed by atoms with E-state index in [0.29, 0.717) is 28.7 Å². The van der Waals surface area contributed by atoms with Crippen molar-refractivity contribution in [3.05, 3.63) is 45.8 Å². The third-order valence-electron chi connectivity index (χ3n) is 3.02. The smallest absolute Gasteiger partial charge is 0.310 e. The first-order valence-electron chi connectivity index (χ1n) is 5.82. The second-order valence-corrected chi connectivity index (χ2v) is 4.25. The molecule has 0 bridgehead atoms. The first kappa shape index (κ1) is 12.4. The molecule has 4 heteroatoms. The van der Waals surface area contributed by atoms with Crippen LogP contribution in [-0.4, -0.2) is 11.1 Å². The molecule has 0 aliphatic rings. The van der Waals surface area contributed by atoms with E-state index in [1.54, 1.807) is 25.1 Å². The average molecular weight is 246 g/mol. The number of rotatable bonds is 3. The van der Waals surface area contributed by atoms with Gasteiger partial charge < -0.3 is 9.52 Å². The minimum atomic E-state index is -0.913. The maximum absolute atomic E-state index is 11.9. The number of benzene rings is 1. The first-order chi connectivity index (χ1) is 8.52. The first-order valence-corrected chi connectivity index (χ1v) is 5.82. The molecule has 0 aliphatic carbocycles. The van der Waals surface area contributed by atoms with Gasteiger partial charge in [0.25, 0.3) is 0 Å². The van der Waals surface area contributed by atoms with E-state index in [1.165, 1.54) is 6.07 Å². The maximum atomic E-state index is 11.9. The molecule has 1 N–H and O–H groups in total. The van der Waals surface area contributed by atoms with Gasteiger partial charge in [0.2, 0.25) is 0 Å². The minimum absolute atomic E-state index is 0.132. The summed E-state index contributed by atoms with van der Waals surface area (Å²) in [4.78, 5) is 22.8. The fraction of sp³-hybridized carbons (Fsp3) is 0.286. The lowest BCUT2D eigenvalue weighted by atomic mass is 9.99. The Morgan fingerprint density at radius 2 is 2.11 bits per heavy atom. The van der Waals surface area contributed by atoms with E-state index >= 15 is 0 Å². The molecular weight excluding hydrogens is 232 g/mol. The quantitative estimate of drug-likeness (QED) is 0.903. The van der Waals surface area contributed by atoms with Gasteiger partial charge in [0, 0.05) is 12.5 Å². The number of fused-ring (bicyclic) bond motifs is 1. The van der Waals surface area contributed by atoms with Gasteiger partial charge in [-0.2, -0.15) is 0 Å². The van der Waals surface area contributed by atoms with E-state index in [-0.39, 0.29) is 5.43 Å². The fourth-order valence-corrected chi connectivity index (χ4v) is 1.81. The molecule has 1 aromatic heterocycles. The molecule has 4 nitrogen and oxygen atoms in total.